The Bertz CT molecular complexity index is 869. The summed E-state index contributed by atoms with van der Waals surface area (Å²) in [6.45, 7) is 0.165. The number of hydrogen-bond donors (Lipinski definition) is 1. The first kappa shape index (κ1) is 19.8. The summed E-state index contributed by atoms with van der Waals surface area (Å²) >= 11 is 0. The van der Waals surface area contributed by atoms with Gasteiger partial charge in [-0.3, -0.25) is 9.36 Å². The number of nitrogen functional groups attached to an aromatic ring is 1. The second-order valence-corrected chi connectivity index (χ2v) is 7.78. The lowest BCUT2D eigenvalue weighted by Gasteiger charge is -2.37. The van der Waals surface area contributed by atoms with Crippen LogP contribution in [0.5, 0.6) is 0 Å². The maximum Gasteiger partial charge on any atom is 0.351 e. The van der Waals surface area contributed by atoms with Crippen LogP contribution in [0.1, 0.15) is 51.2 Å². The molecule has 2 heterocycles. The minimum Gasteiger partial charge on any atom is -0.460 e. The molecule has 4 rings (SSSR count). The van der Waals surface area contributed by atoms with E-state index in [9.17, 15) is 9.59 Å². The summed E-state index contributed by atoms with van der Waals surface area (Å²) in [4.78, 5) is 28.8. The molecule has 0 bridgehead atoms. The minimum atomic E-state index is -0.718. The number of rotatable bonds is 5. The molecule has 2 N–H and O–H groups in total. The van der Waals surface area contributed by atoms with Crippen molar-refractivity contribution in [3.8, 4) is 0 Å². The van der Waals surface area contributed by atoms with Crippen LogP contribution in [0.4, 0.5) is 5.82 Å². The summed E-state index contributed by atoms with van der Waals surface area (Å²) in [7, 11) is 0. The third-order valence-electron chi connectivity index (χ3n) is 5.89. The second-order valence-electron chi connectivity index (χ2n) is 7.78. The van der Waals surface area contributed by atoms with Crippen molar-refractivity contribution in [2.45, 2.75) is 57.5 Å². The van der Waals surface area contributed by atoms with Gasteiger partial charge >= 0.3 is 11.7 Å². The SMILES string of the molecule is Nc1ccn([C@@H]2CO[C@H](COC(=O)C3(C4=CCCC=C4)CCCCC3)O2)c(=O)n1. The molecule has 0 unspecified atom stereocenters. The number of esters is 1. The zero-order chi connectivity index (χ0) is 20.3. The Labute approximate surface area is 169 Å². The van der Waals surface area contributed by atoms with Gasteiger partial charge in [-0.15, -0.1) is 0 Å². The monoisotopic (exact) mass is 401 g/mol. The van der Waals surface area contributed by atoms with Crippen LogP contribution >= 0.6 is 0 Å². The number of aromatic nitrogens is 2. The Morgan fingerprint density at radius 2 is 2.14 bits per heavy atom. The van der Waals surface area contributed by atoms with Gasteiger partial charge < -0.3 is 19.9 Å². The smallest absolute Gasteiger partial charge is 0.351 e. The maximum absolute atomic E-state index is 13.1. The van der Waals surface area contributed by atoms with Gasteiger partial charge in [0.15, 0.2) is 12.5 Å². The van der Waals surface area contributed by atoms with Crippen LogP contribution in [0.3, 0.4) is 0 Å². The van der Waals surface area contributed by atoms with E-state index in [0.29, 0.717) is 0 Å². The lowest BCUT2D eigenvalue weighted by atomic mass is 9.68. The van der Waals surface area contributed by atoms with Crippen molar-refractivity contribution >= 4 is 11.8 Å². The molecule has 2 aliphatic carbocycles. The molecule has 1 aromatic rings. The van der Waals surface area contributed by atoms with E-state index in [1.165, 1.54) is 16.8 Å². The van der Waals surface area contributed by atoms with Gasteiger partial charge in [-0.25, -0.2) is 4.79 Å². The third-order valence-corrected chi connectivity index (χ3v) is 5.89. The van der Waals surface area contributed by atoms with Crippen molar-refractivity contribution < 1.29 is 19.0 Å². The first-order chi connectivity index (χ1) is 14.1. The van der Waals surface area contributed by atoms with Crippen molar-refractivity contribution in [3.05, 3.63) is 46.5 Å². The van der Waals surface area contributed by atoms with Crippen molar-refractivity contribution in [1.82, 2.24) is 9.55 Å². The lowest BCUT2D eigenvalue weighted by molar-refractivity contribution is -0.169. The largest absolute Gasteiger partial charge is 0.460 e. The maximum atomic E-state index is 13.1. The molecule has 3 aliphatic rings. The van der Waals surface area contributed by atoms with Crippen LogP contribution in [0.2, 0.25) is 0 Å². The molecule has 1 aliphatic heterocycles. The van der Waals surface area contributed by atoms with Gasteiger partial charge in [-0.05, 0) is 37.3 Å². The van der Waals surface area contributed by atoms with Crippen LogP contribution < -0.4 is 11.4 Å². The highest BCUT2D eigenvalue weighted by Crippen LogP contribution is 2.45. The molecule has 1 saturated carbocycles. The molecule has 2 atom stereocenters. The molecule has 156 valence electrons. The zero-order valence-corrected chi connectivity index (χ0v) is 16.4. The molecule has 8 heteroatoms. The van der Waals surface area contributed by atoms with E-state index in [1.807, 2.05) is 0 Å². The summed E-state index contributed by atoms with van der Waals surface area (Å²) in [5.41, 5.74) is 5.53. The second kappa shape index (κ2) is 8.51. The number of allylic oxidation sites excluding steroid dienone is 3. The third kappa shape index (κ3) is 4.13. The molecule has 1 aromatic heterocycles. The first-order valence-electron chi connectivity index (χ1n) is 10.2. The highest BCUT2D eigenvalue weighted by atomic mass is 16.7. The van der Waals surface area contributed by atoms with Crippen LogP contribution in [0, 0.1) is 5.41 Å². The predicted octanol–water partition coefficient (Wildman–Crippen LogP) is 2.47. The fourth-order valence-electron chi connectivity index (χ4n) is 4.34. The normalized spacial score (nSPS) is 26.1. The fourth-order valence-corrected chi connectivity index (χ4v) is 4.34. The molecule has 1 saturated heterocycles. The Morgan fingerprint density at radius 3 is 2.86 bits per heavy atom. The molecule has 8 nitrogen and oxygen atoms in total. The van der Waals surface area contributed by atoms with Gasteiger partial charge in [0.1, 0.15) is 12.4 Å². The van der Waals surface area contributed by atoms with Gasteiger partial charge in [0.05, 0.1) is 12.0 Å². The number of hydrogen-bond acceptors (Lipinski definition) is 7. The summed E-state index contributed by atoms with van der Waals surface area (Å²) in [5, 5.41) is 0. The summed E-state index contributed by atoms with van der Waals surface area (Å²) in [5.74, 6) is -0.0588. The molecule has 0 aromatic carbocycles. The van der Waals surface area contributed by atoms with E-state index >= 15 is 0 Å². The van der Waals surface area contributed by atoms with Crippen LogP contribution in [0.25, 0.3) is 0 Å². The van der Waals surface area contributed by atoms with Crippen LogP contribution in [-0.2, 0) is 19.0 Å². The Morgan fingerprint density at radius 1 is 1.31 bits per heavy atom. The van der Waals surface area contributed by atoms with E-state index in [-0.39, 0.29) is 25.0 Å². The number of anilines is 1. The average molecular weight is 401 g/mol. The van der Waals surface area contributed by atoms with Crippen LogP contribution in [-0.4, -0.2) is 35.0 Å². The van der Waals surface area contributed by atoms with E-state index in [1.54, 1.807) is 0 Å². The van der Waals surface area contributed by atoms with E-state index < -0.39 is 23.6 Å². The molecule has 0 spiro atoms. The Kier molecular flexibility index (Phi) is 5.82. The molecular formula is C21H27N3O5. The quantitative estimate of drug-likeness (QED) is 0.756. The first-order valence-corrected chi connectivity index (χ1v) is 10.2. The summed E-state index contributed by atoms with van der Waals surface area (Å²) < 4.78 is 18.3. The minimum absolute atomic E-state index is 0.00870. The lowest BCUT2D eigenvalue weighted by Crippen LogP contribution is -2.38. The van der Waals surface area contributed by atoms with Gasteiger partial charge in [-0.1, -0.05) is 37.5 Å². The standard InChI is InChI=1S/C21H27N3O5/c22-16-9-12-24(20(26)23-16)17-13-27-18(29-17)14-28-19(25)21(10-5-2-6-11-21)15-7-3-1-4-8-15/h3,7-9,12,17-18H,1-2,4-6,10-11,13-14H2,(H2,22,23,26)/t17-,18-/m0/s1. The topological polar surface area (TPSA) is 106 Å². The summed E-state index contributed by atoms with van der Waals surface area (Å²) in [6.07, 6.45) is 13.3. The van der Waals surface area contributed by atoms with E-state index in [0.717, 1.165) is 50.5 Å². The van der Waals surface area contributed by atoms with Gasteiger partial charge in [-0.2, -0.15) is 4.98 Å². The fraction of sp³-hybridized carbons (Fsp3) is 0.571. The number of nitrogens with zero attached hydrogens (tertiary/aromatic N) is 2. The molecule has 0 radical (unpaired) electrons. The summed E-state index contributed by atoms with van der Waals surface area (Å²) in [6, 6.07) is 1.52. The Hall–Kier alpha value is -2.45. The molecule has 0 amide bonds. The number of carbonyl (C=O) groups excluding carboxylic acids is 1. The van der Waals surface area contributed by atoms with Crippen LogP contribution in [0.15, 0.2) is 40.9 Å². The highest BCUT2D eigenvalue weighted by molar-refractivity contribution is 5.82. The van der Waals surface area contributed by atoms with Gasteiger partial charge in [0.25, 0.3) is 0 Å². The number of nitrogens with two attached hydrogens (primary N) is 1. The van der Waals surface area contributed by atoms with Crippen molar-refractivity contribution in [2.24, 2.45) is 5.41 Å². The van der Waals surface area contributed by atoms with Gasteiger partial charge in [0, 0.05) is 6.20 Å². The number of ether oxygens (including phenoxy) is 3. The molecular weight excluding hydrogens is 374 g/mol. The predicted molar refractivity (Wildman–Crippen MR) is 106 cm³/mol. The molecule has 2 fully saturated rings. The van der Waals surface area contributed by atoms with Crippen molar-refractivity contribution in [1.29, 1.82) is 0 Å². The Balaban J connectivity index is 1.39. The molecule has 29 heavy (non-hydrogen) atoms. The van der Waals surface area contributed by atoms with Crippen molar-refractivity contribution in [3.63, 3.8) is 0 Å². The van der Waals surface area contributed by atoms with Gasteiger partial charge in [0.2, 0.25) is 0 Å². The number of carbonyl (C=O) groups is 1. The van der Waals surface area contributed by atoms with E-state index in [2.05, 4.69) is 23.2 Å². The highest BCUT2D eigenvalue weighted by Gasteiger charge is 2.44. The van der Waals surface area contributed by atoms with E-state index in [4.69, 9.17) is 19.9 Å². The average Bonchev–Trinajstić information content (AvgIpc) is 3.22. The van der Waals surface area contributed by atoms with Crippen molar-refractivity contribution in [2.75, 3.05) is 18.9 Å². The zero-order valence-electron chi connectivity index (χ0n) is 16.4.